The molecular weight excluding hydrogens is 246 g/mol. The minimum absolute atomic E-state index is 0.258. The maximum atomic E-state index is 9.20. The van der Waals surface area contributed by atoms with Gasteiger partial charge in [-0.3, -0.25) is 4.99 Å². The Hall–Kier alpha value is -1.88. The normalized spacial score (nSPS) is 12.4. The molecule has 1 aromatic heterocycles. The van der Waals surface area contributed by atoms with E-state index in [9.17, 15) is 5.11 Å². The molecule has 0 aliphatic heterocycles. The first-order chi connectivity index (χ1) is 8.70. The van der Waals surface area contributed by atoms with Gasteiger partial charge in [-0.15, -0.1) is 11.3 Å². The molecule has 0 spiro atoms. The molecule has 0 bridgehead atoms. The predicted molar refractivity (Wildman–Crippen MR) is 74.2 cm³/mol. The van der Waals surface area contributed by atoms with Crippen molar-refractivity contribution in [1.82, 2.24) is 4.68 Å². The molecule has 5 heteroatoms. The summed E-state index contributed by atoms with van der Waals surface area (Å²) in [6, 6.07) is 6.92. The lowest BCUT2D eigenvalue weighted by Crippen LogP contribution is -2.12. The first-order valence-electron chi connectivity index (χ1n) is 5.71. The second kappa shape index (κ2) is 5.64. The Morgan fingerprint density at radius 3 is 2.72 bits per heavy atom. The predicted octanol–water partition coefficient (Wildman–Crippen LogP) is 2.37. The first-order valence-corrected chi connectivity index (χ1v) is 6.59. The van der Waals surface area contributed by atoms with Gasteiger partial charge < -0.3 is 5.11 Å². The van der Waals surface area contributed by atoms with E-state index in [4.69, 9.17) is 0 Å². The first kappa shape index (κ1) is 12.6. The number of nitrogens with zero attached hydrogens (tertiary/aromatic N) is 3. The summed E-state index contributed by atoms with van der Waals surface area (Å²) >= 11 is 1.58. The van der Waals surface area contributed by atoms with Gasteiger partial charge in [-0.2, -0.15) is 5.10 Å². The molecule has 0 aliphatic rings. The lowest BCUT2D eigenvalue weighted by molar-refractivity contribution is 0.475. The molecule has 18 heavy (non-hydrogen) atoms. The molecule has 1 N–H and O–H groups in total. The van der Waals surface area contributed by atoms with Gasteiger partial charge >= 0.3 is 0 Å². The van der Waals surface area contributed by atoms with Gasteiger partial charge in [0.2, 0.25) is 4.80 Å². The van der Waals surface area contributed by atoms with Crippen LogP contribution in [-0.2, 0) is 0 Å². The van der Waals surface area contributed by atoms with Gasteiger partial charge in [-0.05, 0) is 43.7 Å². The summed E-state index contributed by atoms with van der Waals surface area (Å²) in [7, 11) is 0. The molecule has 1 aromatic carbocycles. The van der Waals surface area contributed by atoms with Crippen molar-refractivity contribution in [2.75, 3.05) is 6.54 Å². The molecule has 0 saturated heterocycles. The van der Waals surface area contributed by atoms with Crippen LogP contribution < -0.4 is 4.80 Å². The highest BCUT2D eigenvalue weighted by Gasteiger charge is 1.98. The van der Waals surface area contributed by atoms with Gasteiger partial charge in [0.25, 0.3) is 0 Å². The molecule has 0 aliphatic carbocycles. The van der Waals surface area contributed by atoms with E-state index in [1.807, 2.05) is 36.0 Å². The highest BCUT2D eigenvalue weighted by atomic mass is 32.1. The molecule has 2 rings (SSSR count). The largest absolute Gasteiger partial charge is 0.508 e. The molecule has 2 aromatic rings. The van der Waals surface area contributed by atoms with Crippen molar-refractivity contribution in [2.45, 2.75) is 13.8 Å². The van der Waals surface area contributed by atoms with Crippen molar-refractivity contribution in [2.24, 2.45) is 10.1 Å². The Morgan fingerprint density at radius 2 is 2.06 bits per heavy atom. The molecule has 0 amide bonds. The Kier molecular flexibility index (Phi) is 3.94. The van der Waals surface area contributed by atoms with Gasteiger partial charge in [-0.25, -0.2) is 4.68 Å². The van der Waals surface area contributed by atoms with Crippen LogP contribution in [0.2, 0.25) is 0 Å². The standard InChI is InChI=1S/C13H15N3OS/c1-3-14-13-16(10(2)9-18-13)15-8-11-4-6-12(17)7-5-11/h4-9,17H,3H2,1-2H3. The molecule has 0 radical (unpaired) electrons. The number of rotatable bonds is 3. The zero-order valence-corrected chi connectivity index (χ0v) is 11.2. The van der Waals surface area contributed by atoms with E-state index in [1.54, 1.807) is 29.7 Å². The monoisotopic (exact) mass is 261 g/mol. The third-order valence-corrected chi connectivity index (χ3v) is 3.33. The van der Waals surface area contributed by atoms with Gasteiger partial charge in [-0.1, -0.05) is 0 Å². The van der Waals surface area contributed by atoms with Crippen LogP contribution in [0.3, 0.4) is 0 Å². The van der Waals surface area contributed by atoms with Crippen LogP contribution in [0.25, 0.3) is 0 Å². The van der Waals surface area contributed by atoms with E-state index in [0.717, 1.165) is 22.6 Å². The maximum Gasteiger partial charge on any atom is 0.205 e. The SMILES string of the molecule is CCN=c1scc(C)n1N=Cc1ccc(O)cc1. The molecule has 4 nitrogen and oxygen atoms in total. The fourth-order valence-corrected chi connectivity index (χ4v) is 2.32. The summed E-state index contributed by atoms with van der Waals surface area (Å²) in [5, 5.41) is 15.6. The van der Waals surface area contributed by atoms with E-state index in [2.05, 4.69) is 10.1 Å². The second-order valence-electron chi connectivity index (χ2n) is 3.78. The fraction of sp³-hybridized carbons (Fsp3) is 0.231. The lowest BCUT2D eigenvalue weighted by atomic mass is 10.2. The van der Waals surface area contributed by atoms with Gasteiger partial charge in [0.15, 0.2) is 0 Å². The van der Waals surface area contributed by atoms with Crippen molar-refractivity contribution in [3.05, 3.63) is 45.7 Å². The quantitative estimate of drug-likeness (QED) is 0.847. The number of hydrogen-bond donors (Lipinski definition) is 1. The minimum Gasteiger partial charge on any atom is -0.508 e. The van der Waals surface area contributed by atoms with Crippen LogP contribution in [-0.4, -0.2) is 22.5 Å². The van der Waals surface area contributed by atoms with Crippen molar-refractivity contribution in [1.29, 1.82) is 0 Å². The lowest BCUT2D eigenvalue weighted by Gasteiger charge is -1.97. The molecule has 94 valence electrons. The van der Waals surface area contributed by atoms with Crippen molar-refractivity contribution in [3.63, 3.8) is 0 Å². The summed E-state index contributed by atoms with van der Waals surface area (Å²) in [5.74, 6) is 0.258. The highest BCUT2D eigenvalue weighted by molar-refractivity contribution is 7.07. The van der Waals surface area contributed by atoms with Crippen molar-refractivity contribution < 1.29 is 5.11 Å². The van der Waals surface area contributed by atoms with Crippen LogP contribution in [0.4, 0.5) is 0 Å². The van der Waals surface area contributed by atoms with E-state index < -0.39 is 0 Å². The molecule has 0 atom stereocenters. The molecule has 0 saturated carbocycles. The molecule has 1 heterocycles. The number of phenolic OH excluding ortho intramolecular Hbond substituents is 1. The number of aromatic hydroxyl groups is 1. The highest BCUT2D eigenvalue weighted by Crippen LogP contribution is 2.08. The number of phenols is 1. The van der Waals surface area contributed by atoms with E-state index in [1.165, 1.54) is 0 Å². The smallest absolute Gasteiger partial charge is 0.205 e. The summed E-state index contributed by atoms with van der Waals surface area (Å²) in [5.41, 5.74) is 2.00. The van der Waals surface area contributed by atoms with Crippen molar-refractivity contribution in [3.8, 4) is 5.75 Å². The number of thiazole rings is 1. The van der Waals surface area contributed by atoms with Crippen LogP contribution in [0.15, 0.2) is 39.7 Å². The zero-order chi connectivity index (χ0) is 13.0. The van der Waals surface area contributed by atoms with Crippen LogP contribution in [0.1, 0.15) is 18.2 Å². The Balaban J connectivity index is 2.31. The minimum atomic E-state index is 0.258. The average molecular weight is 261 g/mol. The average Bonchev–Trinajstić information content (AvgIpc) is 2.71. The fourth-order valence-electron chi connectivity index (χ4n) is 1.45. The summed E-state index contributed by atoms with van der Waals surface area (Å²) < 4.78 is 1.82. The van der Waals surface area contributed by atoms with E-state index in [-0.39, 0.29) is 5.75 Å². The maximum absolute atomic E-state index is 9.20. The van der Waals surface area contributed by atoms with Gasteiger partial charge in [0, 0.05) is 11.9 Å². The third-order valence-electron chi connectivity index (χ3n) is 2.36. The topological polar surface area (TPSA) is 49.9 Å². The Bertz CT molecular complexity index is 608. The van der Waals surface area contributed by atoms with Gasteiger partial charge in [0.05, 0.1) is 11.9 Å². The van der Waals surface area contributed by atoms with Crippen LogP contribution in [0.5, 0.6) is 5.75 Å². The van der Waals surface area contributed by atoms with Gasteiger partial charge in [0.1, 0.15) is 5.75 Å². The zero-order valence-electron chi connectivity index (χ0n) is 10.4. The number of aromatic nitrogens is 1. The second-order valence-corrected chi connectivity index (χ2v) is 4.62. The Labute approximate surface area is 110 Å². The van der Waals surface area contributed by atoms with Crippen LogP contribution >= 0.6 is 11.3 Å². The Morgan fingerprint density at radius 1 is 1.33 bits per heavy atom. The number of aryl methyl sites for hydroxylation is 1. The third kappa shape index (κ3) is 2.87. The molecule has 0 fully saturated rings. The summed E-state index contributed by atoms with van der Waals surface area (Å²) in [4.78, 5) is 5.28. The molecule has 0 unspecified atom stereocenters. The number of hydrogen-bond acceptors (Lipinski definition) is 4. The van der Waals surface area contributed by atoms with Crippen LogP contribution in [0, 0.1) is 6.92 Å². The number of benzene rings is 1. The van der Waals surface area contributed by atoms with Crippen molar-refractivity contribution >= 4 is 17.6 Å². The summed E-state index contributed by atoms with van der Waals surface area (Å²) in [6.45, 7) is 4.75. The summed E-state index contributed by atoms with van der Waals surface area (Å²) in [6.07, 6.45) is 1.76. The van der Waals surface area contributed by atoms with E-state index >= 15 is 0 Å². The molecular formula is C13H15N3OS. The van der Waals surface area contributed by atoms with E-state index in [0.29, 0.717) is 0 Å².